The van der Waals surface area contributed by atoms with Gasteiger partial charge in [0.05, 0.1) is 5.56 Å². The lowest BCUT2D eigenvalue weighted by Crippen LogP contribution is -1.98. The van der Waals surface area contributed by atoms with E-state index in [1.54, 1.807) is 12.1 Å². The van der Waals surface area contributed by atoms with E-state index < -0.39 is 5.97 Å². The van der Waals surface area contributed by atoms with Crippen molar-refractivity contribution >= 4 is 17.7 Å². The topological polar surface area (TPSA) is 72.3 Å². The van der Waals surface area contributed by atoms with Gasteiger partial charge in [-0.2, -0.15) is 0 Å². The Morgan fingerprint density at radius 2 is 2.11 bits per heavy atom. The van der Waals surface area contributed by atoms with Crippen molar-refractivity contribution in [3.63, 3.8) is 0 Å². The minimum absolute atomic E-state index is 0.180. The van der Waals surface area contributed by atoms with Crippen molar-refractivity contribution in [3.8, 4) is 11.6 Å². The maximum Gasteiger partial charge on any atom is 0.335 e. The van der Waals surface area contributed by atoms with Crippen LogP contribution in [0.15, 0.2) is 35.6 Å². The molecule has 1 heterocycles. The molecule has 1 N–H and O–H groups in total. The molecule has 0 aliphatic carbocycles. The summed E-state index contributed by atoms with van der Waals surface area (Å²) in [4.78, 5) is 19.0. The molecule has 0 atom stereocenters. The zero-order valence-electron chi connectivity index (χ0n) is 10.5. The summed E-state index contributed by atoms with van der Waals surface area (Å²) in [5.74, 6) is -0.118. The maximum atomic E-state index is 10.9. The fourth-order valence-electron chi connectivity index (χ4n) is 1.45. The number of nitrogens with zero attached hydrogens (tertiary/aromatic N) is 2. The minimum Gasteiger partial charge on any atom is -0.478 e. The second kappa shape index (κ2) is 5.71. The van der Waals surface area contributed by atoms with Crippen molar-refractivity contribution in [2.24, 2.45) is 0 Å². The van der Waals surface area contributed by atoms with Crippen LogP contribution >= 0.6 is 11.8 Å². The molecule has 2 aromatic rings. The molecule has 1 aromatic carbocycles. The largest absolute Gasteiger partial charge is 0.478 e. The predicted molar refractivity (Wildman–Crippen MR) is 72.0 cm³/mol. The van der Waals surface area contributed by atoms with Crippen molar-refractivity contribution < 1.29 is 14.6 Å². The fraction of sp³-hybridized carbons (Fsp3) is 0.154. The highest BCUT2D eigenvalue weighted by Crippen LogP contribution is 2.26. The molecule has 19 heavy (non-hydrogen) atoms. The summed E-state index contributed by atoms with van der Waals surface area (Å²) < 4.78 is 5.61. The van der Waals surface area contributed by atoms with Gasteiger partial charge in [0.1, 0.15) is 17.1 Å². The van der Waals surface area contributed by atoms with Gasteiger partial charge in [-0.1, -0.05) is 6.07 Å². The molecule has 6 heteroatoms. The number of carbonyl (C=O) groups is 1. The quantitative estimate of drug-likeness (QED) is 0.683. The first-order valence-electron chi connectivity index (χ1n) is 5.48. The first-order valence-corrected chi connectivity index (χ1v) is 6.70. The molecule has 0 bridgehead atoms. The number of carboxylic acids is 1. The Morgan fingerprint density at radius 1 is 1.32 bits per heavy atom. The van der Waals surface area contributed by atoms with Crippen LogP contribution in [0.3, 0.4) is 0 Å². The molecule has 0 spiro atoms. The molecule has 0 radical (unpaired) electrons. The molecule has 2 rings (SSSR count). The molecule has 0 saturated heterocycles. The number of aromatic nitrogens is 2. The van der Waals surface area contributed by atoms with Gasteiger partial charge >= 0.3 is 5.97 Å². The van der Waals surface area contributed by atoms with Crippen molar-refractivity contribution in [1.29, 1.82) is 0 Å². The van der Waals surface area contributed by atoms with E-state index in [-0.39, 0.29) is 5.56 Å². The second-order valence-corrected chi connectivity index (χ2v) is 4.61. The van der Waals surface area contributed by atoms with Crippen LogP contribution in [-0.2, 0) is 0 Å². The van der Waals surface area contributed by atoms with Crippen LogP contribution in [0.1, 0.15) is 15.9 Å². The third kappa shape index (κ3) is 3.23. The van der Waals surface area contributed by atoms with Gasteiger partial charge in [-0.25, -0.2) is 14.8 Å². The number of thioether (sulfide) groups is 1. The molecule has 0 aliphatic rings. The van der Waals surface area contributed by atoms with Crippen LogP contribution in [0.4, 0.5) is 0 Å². The van der Waals surface area contributed by atoms with E-state index in [4.69, 9.17) is 9.84 Å². The number of hydrogen-bond donors (Lipinski definition) is 1. The standard InChI is InChI=1S/C13H12N2O3S/c1-8-3-4-9(13(16)17)5-10(8)18-11-6-12(19-2)15-7-14-11/h3-7H,1-2H3,(H,16,17). The second-order valence-electron chi connectivity index (χ2n) is 3.79. The predicted octanol–water partition coefficient (Wildman–Crippen LogP) is 3.00. The van der Waals surface area contributed by atoms with Crippen molar-refractivity contribution in [3.05, 3.63) is 41.7 Å². The van der Waals surface area contributed by atoms with Crippen LogP contribution in [0, 0.1) is 6.92 Å². The van der Waals surface area contributed by atoms with Gasteiger partial charge in [0, 0.05) is 6.07 Å². The number of carboxylic acid groups (broad SMARTS) is 1. The number of rotatable bonds is 4. The molecule has 98 valence electrons. The van der Waals surface area contributed by atoms with Crippen molar-refractivity contribution in [2.75, 3.05) is 6.26 Å². The Bertz CT molecular complexity index is 617. The smallest absolute Gasteiger partial charge is 0.335 e. The molecular weight excluding hydrogens is 264 g/mol. The van der Waals surface area contributed by atoms with Crippen molar-refractivity contribution in [1.82, 2.24) is 9.97 Å². The van der Waals surface area contributed by atoms with E-state index in [0.717, 1.165) is 10.6 Å². The monoisotopic (exact) mass is 276 g/mol. The Kier molecular flexibility index (Phi) is 4.01. The van der Waals surface area contributed by atoms with E-state index in [0.29, 0.717) is 11.6 Å². The van der Waals surface area contributed by atoms with E-state index in [2.05, 4.69) is 9.97 Å². The minimum atomic E-state index is -0.989. The van der Waals surface area contributed by atoms with Gasteiger partial charge in [-0.05, 0) is 30.9 Å². The molecule has 0 saturated carbocycles. The molecule has 5 nitrogen and oxygen atoms in total. The first kappa shape index (κ1) is 13.4. The zero-order valence-corrected chi connectivity index (χ0v) is 11.3. The third-order valence-corrected chi connectivity index (χ3v) is 3.12. The summed E-state index contributed by atoms with van der Waals surface area (Å²) in [6.45, 7) is 1.84. The third-order valence-electron chi connectivity index (χ3n) is 2.48. The first-order chi connectivity index (χ1) is 9.10. The number of benzene rings is 1. The summed E-state index contributed by atoms with van der Waals surface area (Å²) in [7, 11) is 0. The van der Waals surface area contributed by atoms with Gasteiger partial charge < -0.3 is 9.84 Å². The van der Waals surface area contributed by atoms with Gasteiger partial charge in [0.2, 0.25) is 5.88 Å². The highest BCUT2D eigenvalue weighted by Gasteiger charge is 2.09. The highest BCUT2D eigenvalue weighted by molar-refractivity contribution is 7.98. The lowest BCUT2D eigenvalue weighted by atomic mass is 10.1. The van der Waals surface area contributed by atoms with Crippen LogP contribution in [0.2, 0.25) is 0 Å². The Balaban J connectivity index is 2.31. The molecule has 0 aliphatic heterocycles. The molecule has 0 fully saturated rings. The maximum absolute atomic E-state index is 10.9. The summed E-state index contributed by atoms with van der Waals surface area (Å²) in [6, 6.07) is 6.43. The zero-order chi connectivity index (χ0) is 13.8. The Hall–Kier alpha value is -2.08. The summed E-state index contributed by atoms with van der Waals surface area (Å²) in [6.07, 6.45) is 3.32. The van der Waals surface area contributed by atoms with E-state index >= 15 is 0 Å². The summed E-state index contributed by atoms with van der Waals surface area (Å²) in [5.41, 5.74) is 1.02. The Morgan fingerprint density at radius 3 is 2.79 bits per heavy atom. The number of hydrogen-bond acceptors (Lipinski definition) is 5. The highest BCUT2D eigenvalue weighted by atomic mass is 32.2. The fourth-order valence-corrected chi connectivity index (χ4v) is 1.82. The van der Waals surface area contributed by atoms with E-state index in [9.17, 15) is 4.79 Å². The molecular formula is C13H12N2O3S. The summed E-state index contributed by atoms with van der Waals surface area (Å²) >= 11 is 1.48. The Labute approximate surface area is 114 Å². The number of aryl methyl sites for hydroxylation is 1. The van der Waals surface area contributed by atoms with Crippen LogP contribution < -0.4 is 4.74 Å². The lowest BCUT2D eigenvalue weighted by molar-refractivity contribution is 0.0696. The average molecular weight is 276 g/mol. The molecule has 0 amide bonds. The van der Waals surface area contributed by atoms with Crippen LogP contribution in [-0.4, -0.2) is 27.3 Å². The molecule has 1 aromatic heterocycles. The van der Waals surface area contributed by atoms with Gasteiger partial charge in [-0.3, -0.25) is 0 Å². The van der Waals surface area contributed by atoms with E-state index in [1.807, 2.05) is 13.2 Å². The normalized spacial score (nSPS) is 10.2. The van der Waals surface area contributed by atoms with Crippen LogP contribution in [0.5, 0.6) is 11.6 Å². The average Bonchev–Trinajstić information content (AvgIpc) is 2.41. The number of ether oxygens (including phenoxy) is 1. The number of aromatic carboxylic acids is 1. The SMILES string of the molecule is CSc1cc(Oc2cc(C(=O)O)ccc2C)ncn1. The molecule has 0 unspecified atom stereocenters. The van der Waals surface area contributed by atoms with Gasteiger partial charge in [0.25, 0.3) is 0 Å². The van der Waals surface area contributed by atoms with E-state index in [1.165, 1.54) is 30.2 Å². The van der Waals surface area contributed by atoms with Crippen molar-refractivity contribution in [2.45, 2.75) is 11.9 Å². The lowest BCUT2D eigenvalue weighted by Gasteiger charge is -2.08. The summed E-state index contributed by atoms with van der Waals surface area (Å²) in [5, 5.41) is 9.75. The van der Waals surface area contributed by atoms with Crippen LogP contribution in [0.25, 0.3) is 0 Å². The van der Waals surface area contributed by atoms with Gasteiger partial charge in [-0.15, -0.1) is 11.8 Å². The van der Waals surface area contributed by atoms with Gasteiger partial charge in [0.15, 0.2) is 0 Å².